The molecule has 0 amide bonds. The third kappa shape index (κ3) is 2.38. The number of carbonyl (C=O) groups is 1. The fourth-order valence-corrected chi connectivity index (χ4v) is 3.25. The number of aliphatic carboxylic acids is 1. The van der Waals surface area contributed by atoms with E-state index in [9.17, 15) is 4.79 Å². The number of nitrogens with zero attached hydrogens (tertiary/aromatic N) is 3. The number of pyridine rings is 1. The average Bonchev–Trinajstić information content (AvgIpc) is 2.82. The standard InChI is InChI=1S/C13H14ClN3O2S/c1-13(2)4-9(13)17-11-8(3-7(14)5-15-11)16-12(17)20-6-10(18)19/h3,5,9H,4,6H2,1-2H3,(H,18,19). The number of thioether (sulfide) groups is 1. The second-order valence-electron chi connectivity index (χ2n) is 5.65. The molecule has 0 aromatic carbocycles. The summed E-state index contributed by atoms with van der Waals surface area (Å²) in [4.78, 5) is 19.6. The van der Waals surface area contributed by atoms with Crippen molar-refractivity contribution in [2.75, 3.05) is 5.75 Å². The van der Waals surface area contributed by atoms with Gasteiger partial charge in [-0.25, -0.2) is 9.97 Å². The van der Waals surface area contributed by atoms with Gasteiger partial charge in [-0.3, -0.25) is 9.36 Å². The van der Waals surface area contributed by atoms with Gasteiger partial charge in [-0.15, -0.1) is 0 Å². The lowest BCUT2D eigenvalue weighted by molar-refractivity contribution is -0.133. The van der Waals surface area contributed by atoms with Crippen LogP contribution in [-0.2, 0) is 4.79 Å². The van der Waals surface area contributed by atoms with Crippen LogP contribution in [0.5, 0.6) is 0 Å². The first-order chi connectivity index (χ1) is 9.38. The smallest absolute Gasteiger partial charge is 0.313 e. The van der Waals surface area contributed by atoms with Crippen LogP contribution in [0, 0.1) is 5.41 Å². The number of imidazole rings is 1. The largest absolute Gasteiger partial charge is 0.481 e. The van der Waals surface area contributed by atoms with Gasteiger partial charge in [-0.1, -0.05) is 37.2 Å². The summed E-state index contributed by atoms with van der Waals surface area (Å²) < 4.78 is 2.05. The van der Waals surface area contributed by atoms with Crippen LogP contribution >= 0.6 is 23.4 Å². The molecule has 1 aliphatic rings. The fraction of sp³-hybridized carbons (Fsp3) is 0.462. The first-order valence-electron chi connectivity index (χ1n) is 6.26. The van der Waals surface area contributed by atoms with Gasteiger partial charge in [-0.2, -0.15) is 0 Å². The van der Waals surface area contributed by atoms with Crippen LogP contribution in [-0.4, -0.2) is 31.4 Å². The Labute approximate surface area is 125 Å². The van der Waals surface area contributed by atoms with Gasteiger partial charge in [0.2, 0.25) is 0 Å². The molecule has 1 N–H and O–H groups in total. The van der Waals surface area contributed by atoms with Gasteiger partial charge in [-0.05, 0) is 17.9 Å². The van der Waals surface area contributed by atoms with Crippen LogP contribution in [0.3, 0.4) is 0 Å². The van der Waals surface area contributed by atoms with E-state index in [1.165, 1.54) is 11.8 Å². The van der Waals surface area contributed by atoms with Gasteiger partial charge in [0.05, 0.1) is 10.8 Å². The number of carboxylic acids is 1. The molecule has 0 radical (unpaired) electrons. The molecule has 20 heavy (non-hydrogen) atoms. The summed E-state index contributed by atoms with van der Waals surface area (Å²) in [7, 11) is 0. The number of carboxylic acid groups (broad SMARTS) is 1. The molecule has 106 valence electrons. The number of fused-ring (bicyclic) bond motifs is 1. The van der Waals surface area contributed by atoms with Crippen molar-refractivity contribution in [2.45, 2.75) is 31.5 Å². The lowest BCUT2D eigenvalue weighted by Crippen LogP contribution is -2.05. The van der Waals surface area contributed by atoms with E-state index in [2.05, 4.69) is 28.4 Å². The maximum Gasteiger partial charge on any atom is 0.313 e. The topological polar surface area (TPSA) is 68.0 Å². The van der Waals surface area contributed by atoms with Crippen molar-refractivity contribution in [3.8, 4) is 0 Å². The predicted molar refractivity (Wildman–Crippen MR) is 78.3 cm³/mol. The molecule has 5 nitrogen and oxygen atoms in total. The van der Waals surface area contributed by atoms with Crippen molar-refractivity contribution in [3.63, 3.8) is 0 Å². The molecule has 7 heteroatoms. The van der Waals surface area contributed by atoms with E-state index in [0.29, 0.717) is 21.7 Å². The van der Waals surface area contributed by atoms with E-state index in [0.717, 1.165) is 12.1 Å². The summed E-state index contributed by atoms with van der Waals surface area (Å²) in [5.41, 5.74) is 1.69. The van der Waals surface area contributed by atoms with Gasteiger partial charge in [0.25, 0.3) is 0 Å². The van der Waals surface area contributed by atoms with Crippen LogP contribution in [0.15, 0.2) is 17.4 Å². The van der Waals surface area contributed by atoms with E-state index < -0.39 is 5.97 Å². The summed E-state index contributed by atoms with van der Waals surface area (Å²) in [6.45, 7) is 4.37. The Bertz CT molecular complexity index is 698. The second kappa shape index (κ2) is 4.63. The first kappa shape index (κ1) is 13.7. The second-order valence-corrected chi connectivity index (χ2v) is 7.03. The van der Waals surface area contributed by atoms with Crippen LogP contribution in [0.1, 0.15) is 26.3 Å². The van der Waals surface area contributed by atoms with Crippen molar-refractivity contribution in [1.82, 2.24) is 14.5 Å². The minimum Gasteiger partial charge on any atom is -0.481 e. The number of hydrogen-bond donors (Lipinski definition) is 1. The number of aromatic nitrogens is 3. The summed E-state index contributed by atoms with van der Waals surface area (Å²) in [6, 6.07) is 2.08. The monoisotopic (exact) mass is 311 g/mol. The highest BCUT2D eigenvalue weighted by atomic mass is 35.5. The Morgan fingerprint density at radius 1 is 1.65 bits per heavy atom. The Hall–Kier alpha value is -1.27. The summed E-state index contributed by atoms with van der Waals surface area (Å²) in [5.74, 6) is -0.862. The zero-order chi connectivity index (χ0) is 14.5. The van der Waals surface area contributed by atoms with Crippen molar-refractivity contribution in [3.05, 3.63) is 17.3 Å². The van der Waals surface area contributed by atoms with Crippen molar-refractivity contribution in [1.29, 1.82) is 0 Å². The predicted octanol–water partition coefficient (Wildman–Crippen LogP) is 3.23. The summed E-state index contributed by atoms with van der Waals surface area (Å²) in [5, 5.41) is 10.1. The van der Waals surface area contributed by atoms with Gasteiger partial charge in [0.15, 0.2) is 10.8 Å². The zero-order valence-electron chi connectivity index (χ0n) is 11.1. The molecule has 3 rings (SSSR count). The molecule has 1 saturated carbocycles. The average molecular weight is 312 g/mol. The molecule has 1 unspecified atom stereocenters. The lowest BCUT2D eigenvalue weighted by Gasteiger charge is -2.09. The van der Waals surface area contributed by atoms with Crippen molar-refractivity contribution >= 4 is 40.5 Å². The summed E-state index contributed by atoms with van der Waals surface area (Å²) >= 11 is 7.17. The Morgan fingerprint density at radius 2 is 2.35 bits per heavy atom. The third-order valence-corrected chi connectivity index (χ3v) is 4.71. The lowest BCUT2D eigenvalue weighted by atomic mass is 10.2. The normalized spacial score (nSPS) is 20.2. The molecular weight excluding hydrogens is 298 g/mol. The number of halogens is 1. The minimum atomic E-state index is -0.852. The number of hydrogen-bond acceptors (Lipinski definition) is 4. The molecule has 0 aliphatic heterocycles. The molecule has 0 spiro atoms. The van der Waals surface area contributed by atoms with E-state index >= 15 is 0 Å². The molecule has 2 heterocycles. The van der Waals surface area contributed by atoms with Crippen LogP contribution in [0.25, 0.3) is 11.2 Å². The number of rotatable bonds is 4. The van der Waals surface area contributed by atoms with Crippen LogP contribution in [0.4, 0.5) is 0 Å². The zero-order valence-corrected chi connectivity index (χ0v) is 12.7. The van der Waals surface area contributed by atoms with Crippen molar-refractivity contribution in [2.24, 2.45) is 5.41 Å². The van der Waals surface area contributed by atoms with E-state index in [1.54, 1.807) is 12.3 Å². The van der Waals surface area contributed by atoms with Crippen molar-refractivity contribution < 1.29 is 9.90 Å². The minimum absolute atomic E-state index is 0.00972. The first-order valence-corrected chi connectivity index (χ1v) is 7.63. The molecule has 2 aromatic heterocycles. The van der Waals surface area contributed by atoms with E-state index in [1.807, 2.05) is 0 Å². The van der Waals surface area contributed by atoms with E-state index in [-0.39, 0.29) is 11.2 Å². The quantitative estimate of drug-likeness (QED) is 0.878. The van der Waals surface area contributed by atoms with Gasteiger partial charge in [0.1, 0.15) is 5.52 Å². The Kier molecular flexibility index (Phi) is 3.17. The molecule has 2 aromatic rings. The molecule has 0 saturated heterocycles. The molecule has 0 bridgehead atoms. The molecule has 1 fully saturated rings. The van der Waals surface area contributed by atoms with Crippen LogP contribution in [0.2, 0.25) is 5.02 Å². The maximum atomic E-state index is 10.8. The maximum absolute atomic E-state index is 10.8. The SMILES string of the molecule is CC1(C)CC1n1c(SCC(=O)O)nc2cc(Cl)cnc21. The molecule has 1 aliphatic carbocycles. The van der Waals surface area contributed by atoms with Gasteiger partial charge in [0, 0.05) is 12.2 Å². The third-order valence-electron chi connectivity index (χ3n) is 3.56. The fourth-order valence-electron chi connectivity index (χ4n) is 2.33. The highest BCUT2D eigenvalue weighted by Crippen LogP contribution is 2.57. The van der Waals surface area contributed by atoms with Gasteiger partial charge >= 0.3 is 5.97 Å². The Balaban J connectivity index is 2.07. The van der Waals surface area contributed by atoms with Gasteiger partial charge < -0.3 is 5.11 Å². The highest BCUT2D eigenvalue weighted by Gasteiger charge is 2.48. The molecule has 1 atom stereocenters. The summed E-state index contributed by atoms with van der Waals surface area (Å²) in [6.07, 6.45) is 2.65. The highest BCUT2D eigenvalue weighted by molar-refractivity contribution is 7.99. The van der Waals surface area contributed by atoms with E-state index in [4.69, 9.17) is 16.7 Å². The van der Waals surface area contributed by atoms with Crippen LogP contribution < -0.4 is 0 Å². The Morgan fingerprint density at radius 3 is 2.95 bits per heavy atom. The molecular formula is C13H14ClN3O2S.